The monoisotopic (exact) mass is 308 g/mol. The molecule has 2 aromatic carbocycles. The Morgan fingerprint density at radius 1 is 1.18 bits per heavy atom. The van der Waals surface area contributed by atoms with Gasteiger partial charge >= 0.3 is 0 Å². The van der Waals surface area contributed by atoms with E-state index >= 15 is 0 Å². The average molecular weight is 309 g/mol. The largest absolute Gasteiger partial charge is 0.464 e. The van der Waals surface area contributed by atoms with Gasteiger partial charge in [-0.2, -0.15) is 0 Å². The topological polar surface area (TPSA) is 9.23 Å². The van der Waals surface area contributed by atoms with Crippen molar-refractivity contribution < 1.29 is 4.74 Å². The molecule has 1 aliphatic rings. The molecule has 2 heteroatoms. The molecule has 0 aliphatic carbocycles. The summed E-state index contributed by atoms with van der Waals surface area (Å²) in [5.74, 6) is 0.884. The zero-order chi connectivity index (χ0) is 15.5. The van der Waals surface area contributed by atoms with E-state index in [1.807, 2.05) is 55.7 Å². The highest BCUT2D eigenvalue weighted by Gasteiger charge is 2.18. The van der Waals surface area contributed by atoms with Gasteiger partial charge in [0.1, 0.15) is 5.75 Å². The lowest BCUT2D eigenvalue weighted by atomic mass is 9.91. The fraction of sp³-hybridized carbons (Fsp3) is 0.100. The molecule has 22 heavy (non-hydrogen) atoms. The first-order valence-electron chi connectivity index (χ1n) is 7.22. The van der Waals surface area contributed by atoms with Crippen molar-refractivity contribution in [2.24, 2.45) is 0 Å². The minimum atomic E-state index is 0.743. The zero-order valence-corrected chi connectivity index (χ0v) is 13.2. The first kappa shape index (κ1) is 14.7. The van der Waals surface area contributed by atoms with Crippen molar-refractivity contribution in [2.45, 2.75) is 13.3 Å². The quantitative estimate of drug-likeness (QED) is 0.685. The molecule has 0 spiro atoms. The van der Waals surface area contributed by atoms with E-state index < -0.39 is 0 Å². The SMILES string of the molecule is C=Cc1ccc2c(c1/C=C(\C)Cl)CC(c1ccccc1)=CO2. The number of hydrogen-bond donors (Lipinski definition) is 0. The van der Waals surface area contributed by atoms with Crippen LogP contribution in [0, 0.1) is 0 Å². The van der Waals surface area contributed by atoms with Crippen LogP contribution in [-0.2, 0) is 6.42 Å². The third-order valence-electron chi connectivity index (χ3n) is 3.75. The van der Waals surface area contributed by atoms with Crippen molar-refractivity contribution in [3.63, 3.8) is 0 Å². The molecule has 0 saturated carbocycles. The van der Waals surface area contributed by atoms with Gasteiger partial charge in [0.05, 0.1) is 6.26 Å². The molecule has 3 rings (SSSR count). The molecule has 1 heterocycles. The third kappa shape index (κ3) is 2.86. The van der Waals surface area contributed by atoms with Crippen LogP contribution in [0.1, 0.15) is 29.2 Å². The van der Waals surface area contributed by atoms with Crippen LogP contribution in [0.25, 0.3) is 17.7 Å². The van der Waals surface area contributed by atoms with Crippen LogP contribution in [0.2, 0.25) is 0 Å². The van der Waals surface area contributed by atoms with E-state index in [-0.39, 0.29) is 0 Å². The summed E-state index contributed by atoms with van der Waals surface area (Å²) >= 11 is 6.11. The smallest absolute Gasteiger partial charge is 0.130 e. The number of ether oxygens (including phenoxy) is 1. The van der Waals surface area contributed by atoms with E-state index in [4.69, 9.17) is 16.3 Å². The minimum absolute atomic E-state index is 0.743. The predicted octanol–water partition coefficient (Wildman–Crippen LogP) is 5.91. The van der Waals surface area contributed by atoms with Gasteiger partial charge in [0.2, 0.25) is 0 Å². The van der Waals surface area contributed by atoms with Crippen molar-refractivity contribution in [3.05, 3.63) is 82.6 Å². The molecule has 0 fully saturated rings. The standard InChI is InChI=1S/C20H17ClO/c1-3-15-9-10-20-19(18(15)11-14(2)21)12-17(13-22-20)16-7-5-4-6-8-16/h3-11,13H,1,12H2,2H3/b14-11+. The minimum Gasteiger partial charge on any atom is -0.464 e. The van der Waals surface area contributed by atoms with Gasteiger partial charge in [-0.1, -0.05) is 60.7 Å². The normalized spacial score (nSPS) is 13.9. The maximum Gasteiger partial charge on any atom is 0.130 e. The molecule has 0 atom stereocenters. The Kier molecular flexibility index (Phi) is 4.17. The summed E-state index contributed by atoms with van der Waals surface area (Å²) in [5, 5.41) is 0.743. The zero-order valence-electron chi connectivity index (χ0n) is 12.5. The van der Waals surface area contributed by atoms with Crippen molar-refractivity contribution >= 4 is 29.3 Å². The van der Waals surface area contributed by atoms with E-state index in [0.717, 1.165) is 39.5 Å². The summed E-state index contributed by atoms with van der Waals surface area (Å²) in [6.45, 7) is 5.78. The fourth-order valence-corrected chi connectivity index (χ4v) is 2.80. The van der Waals surface area contributed by atoms with Gasteiger partial charge in [-0.25, -0.2) is 0 Å². The lowest BCUT2D eigenvalue weighted by Gasteiger charge is -2.21. The highest BCUT2D eigenvalue weighted by Crippen LogP contribution is 2.36. The summed E-state index contributed by atoms with van der Waals surface area (Å²) in [6.07, 6.45) is 6.49. The van der Waals surface area contributed by atoms with Crippen LogP contribution in [0.3, 0.4) is 0 Å². The second kappa shape index (κ2) is 6.25. The summed E-state index contributed by atoms with van der Waals surface area (Å²) in [6, 6.07) is 14.3. The van der Waals surface area contributed by atoms with Crippen LogP contribution < -0.4 is 4.74 Å². The van der Waals surface area contributed by atoms with Gasteiger partial charge in [-0.15, -0.1) is 0 Å². The first-order valence-corrected chi connectivity index (χ1v) is 7.60. The Morgan fingerprint density at radius 2 is 1.95 bits per heavy atom. The molecule has 1 nitrogen and oxygen atoms in total. The number of halogens is 1. The summed E-state index contributed by atoms with van der Waals surface area (Å²) < 4.78 is 5.84. The van der Waals surface area contributed by atoms with Crippen LogP contribution in [0.4, 0.5) is 0 Å². The van der Waals surface area contributed by atoms with Crippen LogP contribution >= 0.6 is 11.6 Å². The van der Waals surface area contributed by atoms with Gasteiger partial charge in [0.25, 0.3) is 0 Å². The summed E-state index contributed by atoms with van der Waals surface area (Å²) in [7, 11) is 0. The molecular formula is C20H17ClO. The number of benzene rings is 2. The van der Waals surface area contributed by atoms with Crippen molar-refractivity contribution in [2.75, 3.05) is 0 Å². The van der Waals surface area contributed by atoms with Crippen molar-refractivity contribution in [1.82, 2.24) is 0 Å². The Hall–Kier alpha value is -2.25. The second-order valence-corrected chi connectivity index (χ2v) is 5.88. The molecular weight excluding hydrogens is 292 g/mol. The Labute approximate surface area is 136 Å². The third-order valence-corrected chi connectivity index (χ3v) is 3.86. The molecule has 0 aromatic heterocycles. The lowest BCUT2D eigenvalue weighted by molar-refractivity contribution is 0.468. The second-order valence-electron chi connectivity index (χ2n) is 5.28. The molecule has 1 aliphatic heterocycles. The predicted molar refractivity (Wildman–Crippen MR) is 94.8 cm³/mol. The highest BCUT2D eigenvalue weighted by atomic mass is 35.5. The molecule has 0 unspecified atom stereocenters. The molecule has 0 bridgehead atoms. The molecule has 0 amide bonds. The molecule has 0 N–H and O–H groups in total. The maximum atomic E-state index is 6.11. The first-order chi connectivity index (χ1) is 10.7. The lowest BCUT2D eigenvalue weighted by Crippen LogP contribution is -2.05. The molecule has 0 radical (unpaired) electrons. The van der Waals surface area contributed by atoms with Gasteiger partial charge in [0, 0.05) is 17.0 Å². The van der Waals surface area contributed by atoms with Crippen molar-refractivity contribution in [3.8, 4) is 5.75 Å². The molecule has 110 valence electrons. The van der Waals surface area contributed by atoms with E-state index in [1.54, 1.807) is 0 Å². The Balaban J connectivity index is 2.08. The van der Waals surface area contributed by atoms with Gasteiger partial charge in [-0.3, -0.25) is 0 Å². The molecule has 0 saturated heterocycles. The number of rotatable bonds is 3. The van der Waals surface area contributed by atoms with E-state index in [2.05, 4.69) is 18.7 Å². The van der Waals surface area contributed by atoms with Crippen LogP contribution in [0.15, 0.2) is 60.3 Å². The van der Waals surface area contributed by atoms with Gasteiger partial charge in [0.15, 0.2) is 0 Å². The average Bonchev–Trinajstić information content (AvgIpc) is 2.55. The highest BCUT2D eigenvalue weighted by molar-refractivity contribution is 6.31. The van der Waals surface area contributed by atoms with Gasteiger partial charge < -0.3 is 4.74 Å². The summed E-state index contributed by atoms with van der Waals surface area (Å²) in [4.78, 5) is 0. The number of hydrogen-bond acceptors (Lipinski definition) is 1. The number of allylic oxidation sites excluding steroid dienone is 2. The Morgan fingerprint density at radius 3 is 2.64 bits per heavy atom. The molecule has 2 aromatic rings. The van der Waals surface area contributed by atoms with E-state index in [9.17, 15) is 0 Å². The van der Waals surface area contributed by atoms with Gasteiger partial charge in [-0.05, 0) is 41.3 Å². The summed E-state index contributed by atoms with van der Waals surface area (Å²) in [5.41, 5.74) is 5.64. The van der Waals surface area contributed by atoms with Crippen molar-refractivity contribution in [1.29, 1.82) is 0 Å². The Bertz CT molecular complexity index is 766. The number of fused-ring (bicyclic) bond motifs is 1. The maximum absolute atomic E-state index is 6.11. The van der Waals surface area contributed by atoms with Crippen LogP contribution in [0.5, 0.6) is 5.75 Å². The van der Waals surface area contributed by atoms with E-state index in [1.165, 1.54) is 5.56 Å². The van der Waals surface area contributed by atoms with E-state index in [0.29, 0.717) is 0 Å². The van der Waals surface area contributed by atoms with Crippen LogP contribution in [-0.4, -0.2) is 0 Å². The fourth-order valence-electron chi connectivity index (χ4n) is 2.69.